The normalized spacial score (nSPS) is 24.8. The van der Waals surface area contributed by atoms with Crippen LogP contribution in [0.5, 0.6) is 0 Å². The van der Waals surface area contributed by atoms with Crippen LogP contribution in [-0.4, -0.2) is 44.2 Å². The van der Waals surface area contributed by atoms with Crippen LogP contribution < -0.4 is 5.32 Å². The predicted molar refractivity (Wildman–Crippen MR) is 71.6 cm³/mol. The highest BCUT2D eigenvalue weighted by molar-refractivity contribution is 7.89. The smallest absolute Gasteiger partial charge is 0.218 e. The van der Waals surface area contributed by atoms with Crippen LogP contribution in [0.25, 0.3) is 0 Å². The quantitative estimate of drug-likeness (QED) is 0.790. The van der Waals surface area contributed by atoms with Gasteiger partial charge in [-0.2, -0.15) is 4.31 Å². The second kappa shape index (κ2) is 6.71. The fourth-order valence-electron chi connectivity index (χ4n) is 2.55. The Morgan fingerprint density at radius 3 is 2.71 bits per heavy atom. The van der Waals surface area contributed by atoms with Gasteiger partial charge in [-0.25, -0.2) is 8.42 Å². The Morgan fingerprint density at radius 1 is 1.41 bits per heavy atom. The zero-order valence-corrected chi connectivity index (χ0v) is 12.1. The van der Waals surface area contributed by atoms with Crippen molar-refractivity contribution in [2.45, 2.75) is 57.2 Å². The van der Waals surface area contributed by atoms with E-state index in [1.807, 2.05) is 0 Å². The first-order valence-corrected chi connectivity index (χ1v) is 8.19. The fraction of sp³-hybridized carbons (Fsp3) is 1.00. The lowest BCUT2D eigenvalue weighted by atomic mass is 10.0. The van der Waals surface area contributed by atoms with Gasteiger partial charge in [-0.1, -0.05) is 19.8 Å². The highest BCUT2D eigenvalue weighted by Gasteiger charge is 2.34. The summed E-state index contributed by atoms with van der Waals surface area (Å²) < 4.78 is 26.7. The molecule has 2 unspecified atom stereocenters. The zero-order chi connectivity index (χ0) is 12.9. The van der Waals surface area contributed by atoms with Gasteiger partial charge in [0.1, 0.15) is 0 Å². The van der Waals surface area contributed by atoms with Crippen LogP contribution in [0.15, 0.2) is 0 Å². The van der Waals surface area contributed by atoms with E-state index in [0.29, 0.717) is 13.1 Å². The molecule has 0 aliphatic carbocycles. The Kier molecular flexibility index (Phi) is 5.89. The molecule has 5 heteroatoms. The van der Waals surface area contributed by atoms with Crippen LogP contribution in [0.2, 0.25) is 0 Å². The first-order valence-electron chi connectivity index (χ1n) is 6.69. The minimum atomic E-state index is -3.12. The summed E-state index contributed by atoms with van der Waals surface area (Å²) in [5.41, 5.74) is 0. The second-order valence-corrected chi connectivity index (χ2v) is 7.27. The van der Waals surface area contributed by atoms with Crippen LogP contribution in [0.3, 0.4) is 0 Å². The van der Waals surface area contributed by atoms with Crippen LogP contribution in [0.1, 0.15) is 46.0 Å². The maximum absolute atomic E-state index is 12.4. The summed E-state index contributed by atoms with van der Waals surface area (Å²) in [5, 5.41) is 2.62. The molecule has 0 radical (unpaired) electrons. The van der Waals surface area contributed by atoms with Crippen molar-refractivity contribution >= 4 is 10.0 Å². The molecule has 0 aromatic heterocycles. The van der Waals surface area contributed by atoms with Gasteiger partial charge in [0, 0.05) is 19.1 Å². The predicted octanol–water partition coefficient (Wildman–Crippen LogP) is 1.58. The molecular weight excluding hydrogens is 236 g/mol. The van der Waals surface area contributed by atoms with Gasteiger partial charge in [0.25, 0.3) is 0 Å². The molecule has 0 saturated carbocycles. The number of nitrogens with zero attached hydrogens (tertiary/aromatic N) is 1. The summed E-state index contributed by atoms with van der Waals surface area (Å²) in [4.78, 5) is 0. The summed E-state index contributed by atoms with van der Waals surface area (Å²) in [6.45, 7) is 5.15. The van der Waals surface area contributed by atoms with Crippen molar-refractivity contribution in [2.24, 2.45) is 0 Å². The summed E-state index contributed by atoms with van der Waals surface area (Å²) in [6.07, 6.45) is 5.24. The van der Waals surface area contributed by atoms with Crippen molar-refractivity contribution in [2.75, 3.05) is 20.1 Å². The van der Waals surface area contributed by atoms with Crippen LogP contribution >= 0.6 is 0 Å². The molecule has 102 valence electrons. The van der Waals surface area contributed by atoms with Gasteiger partial charge < -0.3 is 5.32 Å². The van der Waals surface area contributed by atoms with E-state index in [1.165, 1.54) is 0 Å². The number of sulfonamides is 1. The molecule has 17 heavy (non-hydrogen) atoms. The third-order valence-corrected chi connectivity index (χ3v) is 5.84. The van der Waals surface area contributed by atoms with E-state index >= 15 is 0 Å². The average molecular weight is 262 g/mol. The Bertz CT molecular complexity index is 314. The third-order valence-electron chi connectivity index (χ3n) is 3.52. The number of piperidine rings is 1. The number of hydrogen-bond donors (Lipinski definition) is 1. The largest absolute Gasteiger partial charge is 0.318 e. The SMILES string of the molecule is CCCC1CCCCN1S(=O)(=O)C(C)CNC. The monoisotopic (exact) mass is 262 g/mol. The van der Waals surface area contributed by atoms with Gasteiger partial charge in [0.2, 0.25) is 10.0 Å². The van der Waals surface area contributed by atoms with Gasteiger partial charge in [0.15, 0.2) is 0 Å². The molecule has 2 atom stereocenters. The van der Waals surface area contributed by atoms with E-state index in [2.05, 4.69) is 12.2 Å². The van der Waals surface area contributed by atoms with Gasteiger partial charge in [-0.3, -0.25) is 0 Å². The lowest BCUT2D eigenvalue weighted by Gasteiger charge is -2.36. The molecule has 1 aliphatic rings. The maximum Gasteiger partial charge on any atom is 0.218 e. The first kappa shape index (κ1) is 14.9. The molecule has 1 heterocycles. The lowest BCUT2D eigenvalue weighted by molar-refractivity contribution is 0.237. The zero-order valence-electron chi connectivity index (χ0n) is 11.3. The van der Waals surface area contributed by atoms with Crippen molar-refractivity contribution in [1.82, 2.24) is 9.62 Å². The molecule has 1 saturated heterocycles. The summed E-state index contributed by atoms with van der Waals surface area (Å²) in [7, 11) is -1.33. The minimum Gasteiger partial charge on any atom is -0.318 e. The molecular formula is C12H26N2O2S. The summed E-state index contributed by atoms with van der Waals surface area (Å²) in [6, 6.07) is 0.234. The Hall–Kier alpha value is -0.130. The van der Waals surface area contributed by atoms with Crippen molar-refractivity contribution < 1.29 is 8.42 Å². The molecule has 0 amide bonds. The van der Waals surface area contributed by atoms with E-state index in [9.17, 15) is 8.42 Å². The van der Waals surface area contributed by atoms with Crippen molar-refractivity contribution in [1.29, 1.82) is 0 Å². The van der Waals surface area contributed by atoms with E-state index in [-0.39, 0.29) is 11.3 Å². The molecule has 1 N–H and O–H groups in total. The highest BCUT2D eigenvalue weighted by atomic mass is 32.2. The standard InChI is InChI=1S/C12H26N2O2S/c1-4-7-12-8-5-6-9-14(12)17(15,16)11(2)10-13-3/h11-13H,4-10H2,1-3H3. The van der Waals surface area contributed by atoms with Gasteiger partial charge in [-0.15, -0.1) is 0 Å². The van der Waals surface area contributed by atoms with Gasteiger partial charge in [-0.05, 0) is 33.2 Å². The maximum atomic E-state index is 12.4. The molecule has 0 bridgehead atoms. The third kappa shape index (κ3) is 3.66. The lowest BCUT2D eigenvalue weighted by Crippen LogP contribution is -2.48. The summed E-state index contributed by atoms with van der Waals surface area (Å²) in [5.74, 6) is 0. The van der Waals surface area contributed by atoms with Crippen LogP contribution in [-0.2, 0) is 10.0 Å². The van der Waals surface area contributed by atoms with Crippen molar-refractivity contribution in [3.05, 3.63) is 0 Å². The topological polar surface area (TPSA) is 49.4 Å². The highest BCUT2D eigenvalue weighted by Crippen LogP contribution is 2.25. The average Bonchev–Trinajstić information content (AvgIpc) is 2.30. The molecule has 1 rings (SSSR count). The van der Waals surface area contributed by atoms with Gasteiger partial charge >= 0.3 is 0 Å². The van der Waals surface area contributed by atoms with E-state index in [4.69, 9.17) is 0 Å². The van der Waals surface area contributed by atoms with E-state index < -0.39 is 10.0 Å². The Balaban J connectivity index is 2.79. The van der Waals surface area contributed by atoms with E-state index in [0.717, 1.165) is 32.1 Å². The Morgan fingerprint density at radius 2 is 2.12 bits per heavy atom. The first-order chi connectivity index (χ1) is 8.04. The fourth-order valence-corrected chi connectivity index (χ4v) is 4.40. The molecule has 0 aromatic carbocycles. The van der Waals surface area contributed by atoms with E-state index in [1.54, 1.807) is 18.3 Å². The molecule has 4 nitrogen and oxygen atoms in total. The second-order valence-electron chi connectivity index (χ2n) is 4.96. The van der Waals surface area contributed by atoms with Crippen molar-refractivity contribution in [3.63, 3.8) is 0 Å². The van der Waals surface area contributed by atoms with Crippen LogP contribution in [0.4, 0.5) is 0 Å². The van der Waals surface area contributed by atoms with Crippen molar-refractivity contribution in [3.8, 4) is 0 Å². The van der Waals surface area contributed by atoms with Gasteiger partial charge in [0.05, 0.1) is 5.25 Å². The Labute approximate surface area is 106 Å². The molecule has 0 spiro atoms. The molecule has 1 aliphatic heterocycles. The number of hydrogen-bond acceptors (Lipinski definition) is 3. The number of rotatable bonds is 6. The van der Waals surface area contributed by atoms with Crippen LogP contribution in [0, 0.1) is 0 Å². The minimum absolute atomic E-state index is 0.234. The molecule has 0 aromatic rings. The number of nitrogens with one attached hydrogen (secondary N) is 1. The molecule has 1 fully saturated rings. The summed E-state index contributed by atoms with van der Waals surface area (Å²) >= 11 is 0.